The highest BCUT2D eigenvalue weighted by atomic mass is 32.3. The average Bonchev–Trinajstić information content (AvgIpc) is 2.36. The summed E-state index contributed by atoms with van der Waals surface area (Å²) in [7, 11) is -5.06. The highest BCUT2D eigenvalue weighted by Gasteiger charge is 2.06. The van der Waals surface area contributed by atoms with E-state index in [-0.39, 0.29) is 19.6 Å². The van der Waals surface area contributed by atoms with Crippen molar-refractivity contribution in [3.63, 3.8) is 0 Å². The van der Waals surface area contributed by atoms with Gasteiger partial charge < -0.3 is 9.15 Å². The molecule has 0 atom stereocenters. The van der Waals surface area contributed by atoms with Gasteiger partial charge >= 0.3 is 16.1 Å². The van der Waals surface area contributed by atoms with Gasteiger partial charge in [-0.25, -0.2) is 4.79 Å². The van der Waals surface area contributed by atoms with E-state index in [0.717, 1.165) is 0 Å². The zero-order valence-corrected chi connectivity index (χ0v) is 11.1. The average molecular weight is 303 g/mol. The van der Waals surface area contributed by atoms with Crippen LogP contribution in [-0.2, 0) is 10.5 Å². The first kappa shape index (κ1) is 14.4. The summed E-state index contributed by atoms with van der Waals surface area (Å²) < 4.78 is 47.1. The van der Waals surface area contributed by atoms with Crippen LogP contribution in [0.4, 0.5) is 7.77 Å². The normalized spacial score (nSPS) is 11.5. The Kier molecular flexibility index (Phi) is 4.33. The molecule has 1 aromatic heterocycles. The fraction of sp³-hybridized carbons (Fsp3) is 0.250. The van der Waals surface area contributed by atoms with Gasteiger partial charge in [-0.2, -0.15) is 8.57 Å². The second-order valence-corrected chi connectivity index (χ2v) is 4.93. The fourth-order valence-electron chi connectivity index (χ4n) is 1.62. The summed E-state index contributed by atoms with van der Waals surface area (Å²) in [4.78, 5) is 11.3. The van der Waals surface area contributed by atoms with Gasteiger partial charge in [-0.15, -0.1) is 0 Å². The molecule has 0 fully saturated rings. The molecule has 1 aromatic carbocycles. The summed E-state index contributed by atoms with van der Waals surface area (Å²) in [6.45, 7) is -0.197. The SMILES string of the molecule is O=c1cc(OCCCN=S(=O)(F)F)c2ccccc2o1. The van der Waals surface area contributed by atoms with Gasteiger partial charge in [0.2, 0.25) is 0 Å². The van der Waals surface area contributed by atoms with Crippen molar-refractivity contribution in [3.05, 3.63) is 40.8 Å². The van der Waals surface area contributed by atoms with E-state index in [1.165, 1.54) is 6.07 Å². The first-order chi connectivity index (χ1) is 9.46. The van der Waals surface area contributed by atoms with Gasteiger partial charge in [0.05, 0.1) is 24.6 Å². The number of nitrogens with zero attached hydrogens (tertiary/aromatic N) is 1. The van der Waals surface area contributed by atoms with Crippen LogP contribution in [0, 0.1) is 0 Å². The topological polar surface area (TPSA) is 68.9 Å². The molecule has 0 saturated carbocycles. The molecule has 0 aliphatic heterocycles. The van der Waals surface area contributed by atoms with Gasteiger partial charge in [0.15, 0.2) is 0 Å². The van der Waals surface area contributed by atoms with Crippen molar-refractivity contribution >= 4 is 21.5 Å². The van der Waals surface area contributed by atoms with Crippen LogP contribution >= 0.6 is 0 Å². The minimum atomic E-state index is -5.06. The van der Waals surface area contributed by atoms with E-state index in [9.17, 15) is 16.8 Å². The van der Waals surface area contributed by atoms with Crippen LogP contribution < -0.4 is 10.4 Å². The largest absolute Gasteiger partial charge is 0.492 e. The van der Waals surface area contributed by atoms with E-state index in [1.54, 1.807) is 24.3 Å². The minimum Gasteiger partial charge on any atom is -0.492 e. The highest BCUT2D eigenvalue weighted by molar-refractivity contribution is 7.83. The maximum absolute atomic E-state index is 12.0. The predicted octanol–water partition coefficient (Wildman–Crippen LogP) is 2.80. The van der Waals surface area contributed by atoms with Crippen molar-refractivity contribution in [3.8, 4) is 5.75 Å². The minimum absolute atomic E-state index is 0.0759. The first-order valence-corrected chi connectivity index (χ1v) is 7.05. The Hall–Kier alpha value is -1.96. The van der Waals surface area contributed by atoms with E-state index in [2.05, 4.69) is 4.36 Å². The maximum atomic E-state index is 12.0. The Morgan fingerprint density at radius 1 is 1.30 bits per heavy atom. The number of para-hydroxylation sites is 1. The van der Waals surface area contributed by atoms with Crippen LogP contribution in [0.25, 0.3) is 11.0 Å². The molecule has 8 heteroatoms. The van der Waals surface area contributed by atoms with Gasteiger partial charge in [0, 0.05) is 6.42 Å². The first-order valence-electron chi connectivity index (χ1n) is 5.73. The lowest BCUT2D eigenvalue weighted by molar-refractivity contribution is 0.314. The van der Waals surface area contributed by atoms with Crippen LogP contribution in [0.3, 0.4) is 0 Å². The lowest BCUT2D eigenvalue weighted by Gasteiger charge is -2.07. The van der Waals surface area contributed by atoms with Crippen molar-refractivity contribution in [2.45, 2.75) is 6.42 Å². The number of hydrogen-bond donors (Lipinski definition) is 0. The summed E-state index contributed by atoms with van der Waals surface area (Å²) in [5.74, 6) is 0.318. The molecule has 5 nitrogen and oxygen atoms in total. The van der Waals surface area contributed by atoms with Gasteiger partial charge in [0.1, 0.15) is 11.3 Å². The van der Waals surface area contributed by atoms with Crippen molar-refractivity contribution in [1.29, 1.82) is 0 Å². The second-order valence-electron chi connectivity index (χ2n) is 3.88. The Morgan fingerprint density at radius 3 is 2.80 bits per heavy atom. The van der Waals surface area contributed by atoms with Crippen molar-refractivity contribution in [1.82, 2.24) is 0 Å². The van der Waals surface area contributed by atoms with Crippen LogP contribution in [0.5, 0.6) is 5.75 Å². The standard InChI is InChI=1S/C12H11F2NO4S/c13-20(14,17)15-6-3-7-18-11-8-12(16)19-10-5-2-1-4-9(10)11/h1-2,4-5,8H,3,6-7H2. The Bertz CT molecular complexity index is 772. The maximum Gasteiger partial charge on any atom is 0.366 e. The van der Waals surface area contributed by atoms with Gasteiger partial charge in [-0.05, 0) is 12.1 Å². The molecule has 0 saturated heterocycles. The molecule has 108 valence electrons. The quantitative estimate of drug-likeness (QED) is 0.484. The van der Waals surface area contributed by atoms with Gasteiger partial charge in [-0.3, -0.25) is 0 Å². The Morgan fingerprint density at radius 2 is 2.05 bits per heavy atom. The summed E-state index contributed by atoms with van der Waals surface area (Å²) in [6.07, 6.45) is 0.166. The Labute approximate surface area is 113 Å². The molecule has 0 aliphatic rings. The number of fused-ring (bicyclic) bond motifs is 1. The molecule has 0 spiro atoms. The fourth-order valence-corrected chi connectivity index (χ4v) is 1.96. The second kappa shape index (κ2) is 6.00. The third-order valence-electron chi connectivity index (χ3n) is 2.41. The van der Waals surface area contributed by atoms with E-state index < -0.39 is 16.1 Å². The molecule has 0 radical (unpaired) electrons. The Balaban J connectivity index is 2.07. The number of rotatable bonds is 5. The number of hydrogen-bond acceptors (Lipinski definition) is 5. The lowest BCUT2D eigenvalue weighted by Crippen LogP contribution is -2.04. The van der Waals surface area contributed by atoms with Crippen molar-refractivity contribution in [2.24, 2.45) is 4.36 Å². The number of benzene rings is 1. The van der Waals surface area contributed by atoms with E-state index in [1.807, 2.05) is 0 Å². The zero-order chi connectivity index (χ0) is 14.6. The molecule has 0 bridgehead atoms. The van der Waals surface area contributed by atoms with Crippen LogP contribution in [0.1, 0.15) is 6.42 Å². The van der Waals surface area contributed by atoms with Crippen molar-refractivity contribution < 1.29 is 21.1 Å². The molecule has 1 heterocycles. The monoisotopic (exact) mass is 303 g/mol. The van der Waals surface area contributed by atoms with Crippen LogP contribution in [0.2, 0.25) is 0 Å². The summed E-state index contributed by atoms with van der Waals surface area (Å²) >= 11 is 0. The van der Waals surface area contributed by atoms with Crippen LogP contribution in [-0.4, -0.2) is 17.4 Å². The third-order valence-corrected chi connectivity index (χ3v) is 2.90. The molecule has 0 unspecified atom stereocenters. The molecule has 2 aromatic rings. The summed E-state index contributed by atoms with van der Waals surface area (Å²) in [6, 6.07) is 8.00. The molecular weight excluding hydrogens is 292 g/mol. The van der Waals surface area contributed by atoms with Crippen LogP contribution in [0.15, 0.2) is 43.9 Å². The zero-order valence-electron chi connectivity index (χ0n) is 10.3. The van der Waals surface area contributed by atoms with Crippen molar-refractivity contribution in [2.75, 3.05) is 13.2 Å². The number of ether oxygens (including phenoxy) is 1. The highest BCUT2D eigenvalue weighted by Crippen LogP contribution is 2.23. The van der Waals surface area contributed by atoms with E-state index in [0.29, 0.717) is 16.7 Å². The summed E-state index contributed by atoms with van der Waals surface area (Å²) in [5.41, 5.74) is -0.172. The lowest BCUT2D eigenvalue weighted by atomic mass is 10.2. The van der Waals surface area contributed by atoms with Gasteiger partial charge in [0.25, 0.3) is 0 Å². The smallest absolute Gasteiger partial charge is 0.366 e. The summed E-state index contributed by atoms with van der Waals surface area (Å²) in [5, 5.41) is 0.615. The third kappa shape index (κ3) is 4.02. The molecule has 0 aliphatic carbocycles. The molecule has 0 N–H and O–H groups in total. The molecule has 2 rings (SSSR count). The molecular formula is C12H11F2NO4S. The number of halogens is 2. The van der Waals surface area contributed by atoms with E-state index >= 15 is 0 Å². The molecule has 0 amide bonds. The molecule has 20 heavy (non-hydrogen) atoms. The predicted molar refractivity (Wildman–Crippen MR) is 70.2 cm³/mol. The van der Waals surface area contributed by atoms with Gasteiger partial charge in [-0.1, -0.05) is 19.9 Å². The van der Waals surface area contributed by atoms with E-state index in [4.69, 9.17) is 9.15 Å².